The molecule has 2 aromatic carbocycles. The molecule has 0 saturated carbocycles. The third-order valence-electron chi connectivity index (χ3n) is 5.16. The van der Waals surface area contributed by atoms with Crippen LogP contribution in [0.3, 0.4) is 0 Å². The molecule has 4 rings (SSSR count). The zero-order chi connectivity index (χ0) is 20.5. The van der Waals surface area contributed by atoms with Gasteiger partial charge in [0.25, 0.3) is 0 Å². The van der Waals surface area contributed by atoms with Crippen LogP contribution in [-0.4, -0.2) is 29.5 Å². The number of hydrogen-bond acceptors (Lipinski definition) is 5. The van der Waals surface area contributed by atoms with Gasteiger partial charge >= 0.3 is 5.97 Å². The molecule has 2 N–H and O–H groups in total. The first-order valence-corrected chi connectivity index (χ1v) is 9.17. The van der Waals surface area contributed by atoms with E-state index < -0.39 is 11.9 Å². The molecule has 0 radical (unpaired) electrons. The summed E-state index contributed by atoms with van der Waals surface area (Å²) in [7, 11) is 0. The van der Waals surface area contributed by atoms with Crippen molar-refractivity contribution in [1.82, 2.24) is 0 Å². The number of amides is 1. The maximum atomic E-state index is 12.7. The topological polar surface area (TPSA) is 99.1 Å². The number of benzene rings is 2. The smallest absolute Gasteiger partial charge is 0.307 e. The first-order valence-electron chi connectivity index (χ1n) is 9.17. The number of aliphatic carboxylic acids is 1. The molecule has 0 saturated heterocycles. The molecule has 29 heavy (non-hydrogen) atoms. The van der Waals surface area contributed by atoms with Crippen LogP contribution in [0.4, 0.5) is 11.4 Å². The van der Waals surface area contributed by atoms with E-state index >= 15 is 0 Å². The minimum Gasteiger partial charge on any atom is -0.481 e. The minimum absolute atomic E-state index is 0.197. The van der Waals surface area contributed by atoms with E-state index in [-0.39, 0.29) is 12.2 Å². The van der Waals surface area contributed by atoms with Crippen molar-refractivity contribution >= 4 is 35.8 Å². The Bertz CT molecular complexity index is 1090. The lowest BCUT2D eigenvalue weighted by atomic mass is 9.90. The number of carbonyl (C=O) groups is 3. The number of carbonyl (C=O) groups excluding carboxylic acids is 2. The van der Waals surface area contributed by atoms with Gasteiger partial charge in [-0.25, -0.2) is 0 Å². The normalized spacial score (nSPS) is 16.9. The predicted octanol–water partition coefficient (Wildman–Crippen LogP) is 2.79. The number of nitrogens with zero attached hydrogens (tertiary/aromatic N) is 2. The number of carboxylic acids is 1. The summed E-state index contributed by atoms with van der Waals surface area (Å²) in [5, 5.41) is 11.9. The van der Waals surface area contributed by atoms with Gasteiger partial charge in [-0.15, -0.1) is 0 Å². The summed E-state index contributed by atoms with van der Waals surface area (Å²) in [6.07, 6.45) is 3.18. The van der Waals surface area contributed by atoms with Crippen LogP contribution in [0.2, 0.25) is 0 Å². The molecule has 0 aromatic heterocycles. The molecule has 2 aromatic rings. The van der Waals surface area contributed by atoms with E-state index in [0.717, 1.165) is 22.5 Å². The van der Waals surface area contributed by atoms with Gasteiger partial charge in [-0.05, 0) is 24.1 Å². The van der Waals surface area contributed by atoms with Crippen LogP contribution in [0.15, 0.2) is 53.3 Å². The zero-order valence-corrected chi connectivity index (χ0v) is 15.8. The van der Waals surface area contributed by atoms with Crippen LogP contribution >= 0.6 is 0 Å². The summed E-state index contributed by atoms with van der Waals surface area (Å²) in [4.78, 5) is 41.4. The highest BCUT2D eigenvalue weighted by molar-refractivity contribution is 6.33. The van der Waals surface area contributed by atoms with Gasteiger partial charge in [0.2, 0.25) is 6.41 Å². The highest BCUT2D eigenvalue weighted by atomic mass is 16.4. The summed E-state index contributed by atoms with van der Waals surface area (Å²) in [6.45, 7) is 2.54. The van der Waals surface area contributed by atoms with E-state index in [2.05, 4.69) is 16.4 Å². The number of fused-ring (bicyclic) bond motifs is 3. The van der Waals surface area contributed by atoms with Crippen LogP contribution in [0.1, 0.15) is 28.2 Å². The van der Waals surface area contributed by atoms with Crippen LogP contribution in [0.25, 0.3) is 0 Å². The number of nitrogens with one attached hydrogen (secondary N) is 1. The van der Waals surface area contributed by atoms with E-state index in [9.17, 15) is 19.5 Å². The minimum atomic E-state index is -1.01. The fourth-order valence-corrected chi connectivity index (χ4v) is 4.03. The van der Waals surface area contributed by atoms with Gasteiger partial charge in [-0.1, -0.05) is 35.9 Å². The molecule has 7 heteroatoms. The first-order chi connectivity index (χ1) is 14.0. The maximum Gasteiger partial charge on any atom is 0.307 e. The number of anilines is 2. The molecule has 1 amide bonds. The molecule has 1 unspecified atom stereocenters. The lowest BCUT2D eigenvalue weighted by Gasteiger charge is -2.23. The Labute approximate surface area is 167 Å². The van der Waals surface area contributed by atoms with Crippen molar-refractivity contribution in [3.63, 3.8) is 0 Å². The van der Waals surface area contributed by atoms with Crippen LogP contribution < -0.4 is 10.2 Å². The highest BCUT2D eigenvalue weighted by Crippen LogP contribution is 2.50. The number of carboxylic acid groups (broad SMARTS) is 1. The van der Waals surface area contributed by atoms with E-state index in [4.69, 9.17) is 0 Å². The summed E-state index contributed by atoms with van der Waals surface area (Å²) in [5.41, 5.74) is 5.13. The number of aliphatic imine (C=N–C) groups is 1. The maximum absolute atomic E-state index is 12.7. The predicted molar refractivity (Wildman–Crippen MR) is 109 cm³/mol. The molecule has 1 atom stereocenters. The third-order valence-corrected chi connectivity index (χ3v) is 5.16. The zero-order valence-electron chi connectivity index (χ0n) is 15.8. The number of aryl methyl sites for hydroxylation is 1. The van der Waals surface area contributed by atoms with E-state index in [1.165, 1.54) is 6.21 Å². The largest absolute Gasteiger partial charge is 0.481 e. The Balaban J connectivity index is 1.87. The molecule has 7 nitrogen and oxygen atoms in total. The second-order valence-corrected chi connectivity index (χ2v) is 7.11. The fourth-order valence-electron chi connectivity index (χ4n) is 4.03. The van der Waals surface area contributed by atoms with Crippen molar-refractivity contribution in [2.24, 2.45) is 4.99 Å². The SMILES string of the molecule is Cc1cccc(CN2C3=CN=CC(=O)C3c3c2ccc(CC(=O)O)c3NC=O)c1. The van der Waals surface area contributed by atoms with E-state index in [1.54, 1.807) is 12.3 Å². The summed E-state index contributed by atoms with van der Waals surface area (Å²) < 4.78 is 0. The average Bonchev–Trinajstić information content (AvgIpc) is 2.99. The molecule has 0 aliphatic carbocycles. The van der Waals surface area contributed by atoms with Crippen LogP contribution in [-0.2, 0) is 27.3 Å². The monoisotopic (exact) mass is 389 g/mol. The van der Waals surface area contributed by atoms with Crippen molar-refractivity contribution in [3.8, 4) is 0 Å². The summed E-state index contributed by atoms with van der Waals surface area (Å²) >= 11 is 0. The molecule has 0 fully saturated rings. The highest BCUT2D eigenvalue weighted by Gasteiger charge is 2.41. The standard InChI is InChI=1S/C22H19N3O4/c1-13-3-2-4-14(7-13)11-25-16-6-5-15(8-19(28)29)22(24-12-26)21(16)20-17(25)9-23-10-18(20)27/h2-7,9-10,12,20H,8,11H2,1H3,(H,24,26)(H,28,29). The number of rotatable bonds is 6. The van der Waals surface area contributed by atoms with Crippen LogP contribution in [0, 0.1) is 6.92 Å². The van der Waals surface area contributed by atoms with Gasteiger partial charge < -0.3 is 15.3 Å². The van der Waals surface area contributed by atoms with E-state index in [1.807, 2.05) is 36.1 Å². The Kier molecular flexibility index (Phi) is 4.72. The third kappa shape index (κ3) is 3.31. The number of ketones is 1. The number of allylic oxidation sites excluding steroid dienone is 1. The average molecular weight is 389 g/mol. The molecular weight excluding hydrogens is 370 g/mol. The molecule has 2 aliphatic rings. The van der Waals surface area contributed by atoms with Crippen molar-refractivity contribution < 1.29 is 19.5 Å². The molecule has 2 aliphatic heterocycles. The van der Waals surface area contributed by atoms with Gasteiger partial charge in [-0.3, -0.25) is 19.4 Å². The Morgan fingerprint density at radius 1 is 1.31 bits per heavy atom. The van der Waals surface area contributed by atoms with Crippen molar-refractivity contribution in [3.05, 3.63) is 70.5 Å². The van der Waals surface area contributed by atoms with Crippen molar-refractivity contribution in [2.75, 3.05) is 10.2 Å². The lowest BCUT2D eigenvalue weighted by molar-refractivity contribution is -0.136. The molecule has 0 bridgehead atoms. The van der Waals surface area contributed by atoms with Gasteiger partial charge in [0.15, 0.2) is 5.78 Å². The van der Waals surface area contributed by atoms with Gasteiger partial charge in [0, 0.05) is 24.0 Å². The Morgan fingerprint density at radius 2 is 2.14 bits per heavy atom. The number of hydrogen-bond donors (Lipinski definition) is 2. The van der Waals surface area contributed by atoms with Crippen molar-refractivity contribution in [2.45, 2.75) is 25.8 Å². The Morgan fingerprint density at radius 3 is 2.86 bits per heavy atom. The van der Waals surface area contributed by atoms with Gasteiger partial charge in [0.1, 0.15) is 0 Å². The molecule has 146 valence electrons. The molecular formula is C22H19N3O4. The van der Waals surface area contributed by atoms with Gasteiger partial charge in [-0.2, -0.15) is 0 Å². The fraction of sp³-hybridized carbons (Fsp3) is 0.182. The summed E-state index contributed by atoms with van der Waals surface area (Å²) in [6, 6.07) is 11.6. The summed E-state index contributed by atoms with van der Waals surface area (Å²) in [5.74, 6) is -1.83. The lowest BCUT2D eigenvalue weighted by Crippen LogP contribution is -2.24. The van der Waals surface area contributed by atoms with Gasteiger partial charge in [0.05, 0.1) is 29.9 Å². The van der Waals surface area contributed by atoms with Crippen molar-refractivity contribution in [1.29, 1.82) is 0 Å². The van der Waals surface area contributed by atoms with Crippen LogP contribution in [0.5, 0.6) is 0 Å². The second-order valence-electron chi connectivity index (χ2n) is 7.11. The quantitative estimate of drug-likeness (QED) is 0.740. The first kappa shape index (κ1) is 18.6. The molecule has 2 heterocycles. The number of Topliss-reactive ketones (excluding diaryl/α,β-unsaturated/α-hetero) is 1. The van der Waals surface area contributed by atoms with E-state index in [0.29, 0.717) is 29.8 Å². The molecule has 0 spiro atoms. The Hall–Kier alpha value is -3.74. The second kappa shape index (κ2) is 7.35.